The molecule has 0 bridgehead atoms. The second-order valence-corrected chi connectivity index (χ2v) is 4.40. The van der Waals surface area contributed by atoms with Crippen LogP contribution in [0.3, 0.4) is 0 Å². The van der Waals surface area contributed by atoms with Crippen LogP contribution in [0.1, 0.15) is 39.5 Å². The van der Waals surface area contributed by atoms with E-state index in [4.69, 9.17) is 0 Å². The summed E-state index contributed by atoms with van der Waals surface area (Å²) in [5, 5.41) is 0. The van der Waals surface area contributed by atoms with Gasteiger partial charge < -0.3 is 4.90 Å². The first kappa shape index (κ1) is 12.7. The van der Waals surface area contributed by atoms with Crippen LogP contribution >= 0.6 is 0 Å². The maximum absolute atomic E-state index is 2.33. The maximum Gasteiger partial charge on any atom is -0.00247 e. The lowest BCUT2D eigenvalue weighted by Gasteiger charge is -2.07. The van der Waals surface area contributed by atoms with E-state index >= 15 is 0 Å². The normalized spacial score (nSPS) is 12.2. The Balaban J connectivity index is 3.11. The van der Waals surface area contributed by atoms with Gasteiger partial charge in [-0.25, -0.2) is 0 Å². The summed E-state index contributed by atoms with van der Waals surface area (Å²) in [6.45, 7) is 5.74. The SMILES string of the molecule is CC(C)C/C=C/CCCCN(C)C. The molecule has 0 spiro atoms. The van der Waals surface area contributed by atoms with E-state index in [1.807, 2.05) is 0 Å². The monoisotopic (exact) mass is 183 g/mol. The van der Waals surface area contributed by atoms with E-state index in [9.17, 15) is 0 Å². The Bertz CT molecular complexity index is 125. The number of allylic oxidation sites excluding steroid dienone is 2. The minimum Gasteiger partial charge on any atom is -0.309 e. The summed E-state index contributed by atoms with van der Waals surface area (Å²) in [6, 6.07) is 0. The molecule has 0 amide bonds. The summed E-state index contributed by atoms with van der Waals surface area (Å²) in [4.78, 5) is 2.25. The quantitative estimate of drug-likeness (QED) is 0.432. The number of hydrogen-bond donors (Lipinski definition) is 0. The fourth-order valence-electron chi connectivity index (χ4n) is 1.18. The zero-order valence-corrected chi connectivity index (χ0v) is 9.71. The molecule has 0 aromatic heterocycles. The standard InChI is InChI=1S/C12H25N/c1-12(2)10-8-6-5-7-9-11-13(3)4/h6,8,12H,5,7,9-11H2,1-4H3/b8-6+. The Morgan fingerprint density at radius 3 is 2.31 bits per heavy atom. The van der Waals surface area contributed by atoms with Gasteiger partial charge in [0.15, 0.2) is 0 Å². The number of unbranched alkanes of at least 4 members (excludes halogenated alkanes) is 2. The molecule has 13 heavy (non-hydrogen) atoms. The van der Waals surface area contributed by atoms with E-state index < -0.39 is 0 Å². The summed E-state index contributed by atoms with van der Waals surface area (Å²) < 4.78 is 0. The lowest BCUT2D eigenvalue weighted by Crippen LogP contribution is -2.12. The van der Waals surface area contributed by atoms with Gasteiger partial charge in [-0.05, 0) is 52.2 Å². The third-order valence-electron chi connectivity index (χ3n) is 2.00. The van der Waals surface area contributed by atoms with Gasteiger partial charge >= 0.3 is 0 Å². The Kier molecular flexibility index (Phi) is 8.11. The molecule has 0 aromatic carbocycles. The number of rotatable bonds is 7. The van der Waals surface area contributed by atoms with Gasteiger partial charge in [0.2, 0.25) is 0 Å². The molecule has 0 rings (SSSR count). The van der Waals surface area contributed by atoms with Gasteiger partial charge in [0.1, 0.15) is 0 Å². The summed E-state index contributed by atoms with van der Waals surface area (Å²) >= 11 is 0. The molecule has 0 atom stereocenters. The molecule has 78 valence electrons. The predicted molar refractivity (Wildman–Crippen MR) is 61.0 cm³/mol. The molecule has 0 aliphatic rings. The lowest BCUT2D eigenvalue weighted by molar-refractivity contribution is 0.395. The Hall–Kier alpha value is -0.300. The Morgan fingerprint density at radius 2 is 1.77 bits per heavy atom. The van der Waals surface area contributed by atoms with Crippen LogP contribution in [0.25, 0.3) is 0 Å². The van der Waals surface area contributed by atoms with Gasteiger partial charge in [-0.3, -0.25) is 0 Å². The molecule has 1 nitrogen and oxygen atoms in total. The highest BCUT2D eigenvalue weighted by molar-refractivity contribution is 4.82. The van der Waals surface area contributed by atoms with Crippen molar-refractivity contribution in [3.05, 3.63) is 12.2 Å². The predicted octanol–water partition coefficient (Wildman–Crippen LogP) is 3.32. The highest BCUT2D eigenvalue weighted by Gasteiger charge is 1.89. The van der Waals surface area contributed by atoms with Gasteiger partial charge in [-0.15, -0.1) is 0 Å². The molecule has 0 unspecified atom stereocenters. The van der Waals surface area contributed by atoms with Gasteiger partial charge in [0.05, 0.1) is 0 Å². The van der Waals surface area contributed by atoms with E-state index in [0.717, 1.165) is 5.92 Å². The zero-order chi connectivity index (χ0) is 10.1. The van der Waals surface area contributed by atoms with E-state index in [0.29, 0.717) is 0 Å². The fraction of sp³-hybridized carbons (Fsp3) is 0.833. The molecular weight excluding hydrogens is 158 g/mol. The highest BCUT2D eigenvalue weighted by atomic mass is 15.0. The van der Waals surface area contributed by atoms with E-state index in [2.05, 4.69) is 45.0 Å². The molecule has 0 saturated heterocycles. The molecule has 0 heterocycles. The van der Waals surface area contributed by atoms with Crippen LogP contribution in [0.5, 0.6) is 0 Å². The van der Waals surface area contributed by atoms with Crippen molar-refractivity contribution in [1.29, 1.82) is 0 Å². The third kappa shape index (κ3) is 11.7. The van der Waals surface area contributed by atoms with Crippen LogP contribution in [0.2, 0.25) is 0 Å². The first-order valence-corrected chi connectivity index (χ1v) is 5.42. The van der Waals surface area contributed by atoms with Crippen molar-refractivity contribution in [2.24, 2.45) is 5.92 Å². The summed E-state index contributed by atoms with van der Waals surface area (Å²) in [5.41, 5.74) is 0. The van der Waals surface area contributed by atoms with Crippen molar-refractivity contribution in [2.75, 3.05) is 20.6 Å². The van der Waals surface area contributed by atoms with Crippen LogP contribution < -0.4 is 0 Å². The van der Waals surface area contributed by atoms with E-state index in [-0.39, 0.29) is 0 Å². The molecule has 0 fully saturated rings. The summed E-state index contributed by atoms with van der Waals surface area (Å²) in [5.74, 6) is 0.804. The van der Waals surface area contributed by atoms with Gasteiger partial charge in [0.25, 0.3) is 0 Å². The van der Waals surface area contributed by atoms with Gasteiger partial charge in [-0.1, -0.05) is 26.0 Å². The molecular formula is C12H25N. The first-order valence-electron chi connectivity index (χ1n) is 5.42. The van der Waals surface area contributed by atoms with Gasteiger partial charge in [-0.2, -0.15) is 0 Å². The zero-order valence-electron chi connectivity index (χ0n) is 9.71. The van der Waals surface area contributed by atoms with E-state index in [1.165, 1.54) is 32.2 Å². The first-order chi connectivity index (χ1) is 6.13. The molecule has 1 heteroatoms. The molecule has 0 saturated carbocycles. The third-order valence-corrected chi connectivity index (χ3v) is 2.00. The van der Waals surface area contributed by atoms with Crippen LogP contribution in [0.4, 0.5) is 0 Å². The maximum atomic E-state index is 2.33. The molecule has 0 aliphatic carbocycles. The molecule has 0 N–H and O–H groups in total. The fourth-order valence-corrected chi connectivity index (χ4v) is 1.18. The van der Waals surface area contributed by atoms with Crippen molar-refractivity contribution >= 4 is 0 Å². The van der Waals surface area contributed by atoms with Crippen molar-refractivity contribution in [1.82, 2.24) is 4.90 Å². The van der Waals surface area contributed by atoms with Crippen molar-refractivity contribution in [3.8, 4) is 0 Å². The van der Waals surface area contributed by atoms with Crippen molar-refractivity contribution in [3.63, 3.8) is 0 Å². The van der Waals surface area contributed by atoms with Crippen molar-refractivity contribution in [2.45, 2.75) is 39.5 Å². The minimum absolute atomic E-state index is 0.804. The lowest BCUT2D eigenvalue weighted by atomic mass is 10.1. The van der Waals surface area contributed by atoms with Crippen LogP contribution in [0.15, 0.2) is 12.2 Å². The summed E-state index contributed by atoms with van der Waals surface area (Å²) in [6.07, 6.45) is 9.77. The Morgan fingerprint density at radius 1 is 1.08 bits per heavy atom. The highest BCUT2D eigenvalue weighted by Crippen LogP contribution is 2.02. The molecule has 0 aliphatic heterocycles. The van der Waals surface area contributed by atoms with Gasteiger partial charge in [0, 0.05) is 0 Å². The number of hydrogen-bond acceptors (Lipinski definition) is 1. The second kappa shape index (κ2) is 8.31. The molecule has 0 aromatic rings. The van der Waals surface area contributed by atoms with E-state index in [1.54, 1.807) is 0 Å². The topological polar surface area (TPSA) is 3.24 Å². The van der Waals surface area contributed by atoms with Crippen LogP contribution in [-0.4, -0.2) is 25.5 Å². The summed E-state index contributed by atoms with van der Waals surface area (Å²) in [7, 11) is 4.27. The number of nitrogens with zero attached hydrogens (tertiary/aromatic N) is 1. The van der Waals surface area contributed by atoms with Crippen LogP contribution in [-0.2, 0) is 0 Å². The largest absolute Gasteiger partial charge is 0.309 e. The smallest absolute Gasteiger partial charge is 0.00247 e. The second-order valence-electron chi connectivity index (χ2n) is 4.40. The average molecular weight is 183 g/mol. The Labute approximate surface area is 83.8 Å². The minimum atomic E-state index is 0.804. The van der Waals surface area contributed by atoms with Crippen molar-refractivity contribution < 1.29 is 0 Å². The van der Waals surface area contributed by atoms with Crippen LogP contribution in [0, 0.1) is 5.92 Å². The molecule has 0 radical (unpaired) electrons. The average Bonchev–Trinajstić information content (AvgIpc) is 2.01.